The highest BCUT2D eigenvalue weighted by Gasteiger charge is 2.10. The SMILES string of the molecule is CC(C)C1C=CC(Cl)=CC1. The third-order valence-electron chi connectivity index (χ3n) is 1.94. The molecule has 0 aromatic rings. The van der Waals surface area contributed by atoms with Gasteiger partial charge in [-0.3, -0.25) is 0 Å². The summed E-state index contributed by atoms with van der Waals surface area (Å²) in [4.78, 5) is 0. The Morgan fingerprint density at radius 2 is 2.30 bits per heavy atom. The average molecular weight is 157 g/mol. The molecule has 0 spiro atoms. The van der Waals surface area contributed by atoms with Crippen LogP contribution in [0.5, 0.6) is 0 Å². The Kier molecular flexibility index (Phi) is 2.56. The molecule has 1 aliphatic rings. The first-order valence-corrected chi connectivity index (χ1v) is 4.12. The van der Waals surface area contributed by atoms with E-state index in [-0.39, 0.29) is 0 Å². The number of hydrogen-bond donors (Lipinski definition) is 0. The zero-order valence-corrected chi connectivity index (χ0v) is 7.23. The molecule has 0 nitrogen and oxygen atoms in total. The third kappa shape index (κ3) is 1.88. The predicted molar refractivity (Wildman–Crippen MR) is 46.0 cm³/mol. The summed E-state index contributed by atoms with van der Waals surface area (Å²) in [7, 11) is 0. The maximum Gasteiger partial charge on any atom is 0.0363 e. The van der Waals surface area contributed by atoms with Crippen LogP contribution in [0.2, 0.25) is 0 Å². The minimum Gasteiger partial charge on any atom is -0.0847 e. The van der Waals surface area contributed by atoms with Crippen LogP contribution >= 0.6 is 11.6 Å². The summed E-state index contributed by atoms with van der Waals surface area (Å²) in [6, 6.07) is 0. The largest absolute Gasteiger partial charge is 0.0847 e. The van der Waals surface area contributed by atoms with E-state index in [0.717, 1.165) is 17.4 Å². The van der Waals surface area contributed by atoms with Crippen molar-refractivity contribution in [1.29, 1.82) is 0 Å². The number of hydrogen-bond acceptors (Lipinski definition) is 0. The van der Waals surface area contributed by atoms with Crippen LogP contribution in [0.15, 0.2) is 23.3 Å². The van der Waals surface area contributed by atoms with Crippen molar-refractivity contribution in [1.82, 2.24) is 0 Å². The zero-order chi connectivity index (χ0) is 7.56. The van der Waals surface area contributed by atoms with Gasteiger partial charge in [0.1, 0.15) is 0 Å². The molecule has 0 radical (unpaired) electrons. The molecule has 0 saturated carbocycles. The number of rotatable bonds is 1. The van der Waals surface area contributed by atoms with E-state index in [1.54, 1.807) is 0 Å². The molecular weight excluding hydrogens is 144 g/mol. The molecule has 0 N–H and O–H groups in total. The molecule has 0 heterocycles. The number of halogens is 1. The molecular formula is C9H13Cl. The monoisotopic (exact) mass is 156 g/mol. The lowest BCUT2D eigenvalue weighted by atomic mass is 9.90. The standard InChI is InChI=1S/C9H13Cl/c1-7(2)8-3-5-9(10)6-4-8/h3,5-8H,4H2,1-2H3. The van der Waals surface area contributed by atoms with Crippen LogP contribution < -0.4 is 0 Å². The second-order valence-electron chi connectivity index (χ2n) is 3.09. The first-order valence-electron chi connectivity index (χ1n) is 3.74. The van der Waals surface area contributed by atoms with Gasteiger partial charge in [-0.15, -0.1) is 0 Å². The van der Waals surface area contributed by atoms with Crippen molar-refractivity contribution in [2.45, 2.75) is 20.3 Å². The molecule has 1 heteroatoms. The Bertz CT molecular complexity index is 166. The van der Waals surface area contributed by atoms with Gasteiger partial charge in [0.25, 0.3) is 0 Å². The van der Waals surface area contributed by atoms with Crippen molar-refractivity contribution in [3.63, 3.8) is 0 Å². The summed E-state index contributed by atoms with van der Waals surface area (Å²) < 4.78 is 0. The lowest BCUT2D eigenvalue weighted by Crippen LogP contribution is -2.06. The van der Waals surface area contributed by atoms with Crippen LogP contribution in [0.1, 0.15) is 20.3 Å². The van der Waals surface area contributed by atoms with E-state index in [4.69, 9.17) is 11.6 Å². The van der Waals surface area contributed by atoms with E-state index in [0.29, 0.717) is 5.92 Å². The quantitative estimate of drug-likeness (QED) is 0.546. The summed E-state index contributed by atoms with van der Waals surface area (Å²) in [6.07, 6.45) is 7.39. The van der Waals surface area contributed by atoms with Crippen LogP contribution in [0, 0.1) is 11.8 Å². The van der Waals surface area contributed by atoms with Gasteiger partial charge < -0.3 is 0 Å². The van der Waals surface area contributed by atoms with Gasteiger partial charge >= 0.3 is 0 Å². The Morgan fingerprint density at radius 1 is 1.60 bits per heavy atom. The highest BCUT2D eigenvalue weighted by Crippen LogP contribution is 2.24. The summed E-state index contributed by atoms with van der Waals surface area (Å²) >= 11 is 5.76. The zero-order valence-electron chi connectivity index (χ0n) is 6.47. The molecule has 10 heavy (non-hydrogen) atoms. The normalized spacial score (nSPS) is 25.2. The van der Waals surface area contributed by atoms with Crippen molar-refractivity contribution in [2.75, 3.05) is 0 Å². The van der Waals surface area contributed by atoms with Crippen molar-refractivity contribution >= 4 is 11.6 Å². The smallest absolute Gasteiger partial charge is 0.0363 e. The molecule has 0 aliphatic heterocycles. The molecule has 0 bridgehead atoms. The van der Waals surface area contributed by atoms with Crippen LogP contribution in [0.3, 0.4) is 0 Å². The molecule has 56 valence electrons. The second kappa shape index (κ2) is 3.25. The fourth-order valence-corrected chi connectivity index (χ4v) is 1.27. The van der Waals surface area contributed by atoms with Crippen molar-refractivity contribution in [2.24, 2.45) is 11.8 Å². The lowest BCUT2D eigenvalue weighted by molar-refractivity contribution is 0.467. The average Bonchev–Trinajstić information content (AvgIpc) is 1.88. The molecule has 0 amide bonds. The molecule has 0 aromatic heterocycles. The van der Waals surface area contributed by atoms with Crippen molar-refractivity contribution in [3.05, 3.63) is 23.3 Å². The van der Waals surface area contributed by atoms with Gasteiger partial charge in [0.2, 0.25) is 0 Å². The molecule has 1 aliphatic carbocycles. The Morgan fingerprint density at radius 3 is 2.70 bits per heavy atom. The Hall–Kier alpha value is -0.230. The van der Waals surface area contributed by atoms with E-state index in [2.05, 4.69) is 26.0 Å². The summed E-state index contributed by atoms with van der Waals surface area (Å²) in [5.41, 5.74) is 0. The van der Waals surface area contributed by atoms with E-state index in [1.807, 2.05) is 6.08 Å². The van der Waals surface area contributed by atoms with E-state index in [9.17, 15) is 0 Å². The predicted octanol–water partition coefficient (Wildman–Crippen LogP) is 3.34. The van der Waals surface area contributed by atoms with Gasteiger partial charge in [-0.2, -0.15) is 0 Å². The van der Waals surface area contributed by atoms with E-state index >= 15 is 0 Å². The highest BCUT2D eigenvalue weighted by atomic mass is 35.5. The highest BCUT2D eigenvalue weighted by molar-refractivity contribution is 6.31. The summed E-state index contributed by atoms with van der Waals surface area (Å²) in [5.74, 6) is 1.43. The lowest BCUT2D eigenvalue weighted by Gasteiger charge is -2.17. The van der Waals surface area contributed by atoms with Crippen LogP contribution in [-0.2, 0) is 0 Å². The number of allylic oxidation sites excluding steroid dienone is 4. The molecule has 0 aromatic carbocycles. The summed E-state index contributed by atoms with van der Waals surface area (Å²) in [6.45, 7) is 4.48. The van der Waals surface area contributed by atoms with Gasteiger partial charge in [-0.1, -0.05) is 37.6 Å². The van der Waals surface area contributed by atoms with Crippen LogP contribution in [0.25, 0.3) is 0 Å². The van der Waals surface area contributed by atoms with Gasteiger partial charge in [0, 0.05) is 5.03 Å². The Labute approximate surface area is 67.6 Å². The topological polar surface area (TPSA) is 0 Å². The Balaban J connectivity index is 2.52. The molecule has 1 rings (SSSR count). The van der Waals surface area contributed by atoms with Crippen molar-refractivity contribution < 1.29 is 0 Å². The van der Waals surface area contributed by atoms with Gasteiger partial charge in [-0.25, -0.2) is 0 Å². The van der Waals surface area contributed by atoms with Crippen LogP contribution in [-0.4, -0.2) is 0 Å². The van der Waals surface area contributed by atoms with Crippen molar-refractivity contribution in [3.8, 4) is 0 Å². The van der Waals surface area contributed by atoms with Gasteiger partial charge in [0.05, 0.1) is 0 Å². The second-order valence-corrected chi connectivity index (χ2v) is 3.53. The molecule has 0 fully saturated rings. The maximum absolute atomic E-state index is 5.76. The van der Waals surface area contributed by atoms with Gasteiger partial charge in [0.15, 0.2) is 0 Å². The minimum absolute atomic E-state index is 0.697. The fraction of sp³-hybridized carbons (Fsp3) is 0.556. The maximum atomic E-state index is 5.76. The van der Waals surface area contributed by atoms with Gasteiger partial charge in [-0.05, 0) is 24.3 Å². The van der Waals surface area contributed by atoms with Crippen LogP contribution in [0.4, 0.5) is 0 Å². The summed E-state index contributed by atoms with van der Waals surface area (Å²) in [5, 5.41) is 0.886. The third-order valence-corrected chi connectivity index (χ3v) is 2.22. The minimum atomic E-state index is 0.697. The fourth-order valence-electron chi connectivity index (χ4n) is 1.11. The van der Waals surface area contributed by atoms with E-state index < -0.39 is 0 Å². The molecule has 1 atom stereocenters. The molecule has 0 saturated heterocycles. The first kappa shape index (κ1) is 7.87. The first-order chi connectivity index (χ1) is 4.70. The molecule has 1 unspecified atom stereocenters. The van der Waals surface area contributed by atoms with E-state index in [1.165, 1.54) is 0 Å².